The molecule has 5 heteroatoms. The third-order valence-electron chi connectivity index (χ3n) is 2.68. The van der Waals surface area contributed by atoms with Crippen molar-refractivity contribution in [3.63, 3.8) is 0 Å². The normalized spacial score (nSPS) is 22.5. The Hall–Kier alpha value is -1.36. The summed E-state index contributed by atoms with van der Waals surface area (Å²) in [6.07, 6.45) is 5.58. The second-order valence-corrected chi connectivity index (χ2v) is 4.28. The van der Waals surface area contributed by atoms with E-state index in [0.717, 1.165) is 6.42 Å². The number of hydrogen-bond acceptors (Lipinski definition) is 3. The fraction of sp³-hybridized carbons (Fsp3) is 0.667. The van der Waals surface area contributed by atoms with E-state index in [0.29, 0.717) is 25.9 Å². The highest BCUT2D eigenvalue weighted by Gasteiger charge is 2.22. The van der Waals surface area contributed by atoms with Gasteiger partial charge in [-0.2, -0.15) is 0 Å². The molecule has 0 saturated carbocycles. The van der Waals surface area contributed by atoms with Crippen molar-refractivity contribution in [2.24, 2.45) is 11.7 Å². The fourth-order valence-corrected chi connectivity index (χ4v) is 1.70. The van der Waals surface area contributed by atoms with Crippen molar-refractivity contribution in [2.75, 3.05) is 13.1 Å². The fourth-order valence-electron chi connectivity index (χ4n) is 1.70. The molecule has 4 N–H and O–H groups in total. The Bertz CT molecular complexity index is 302. The van der Waals surface area contributed by atoms with Gasteiger partial charge in [0.05, 0.1) is 5.92 Å². The number of carbonyl (C=O) groups is 2. The highest BCUT2D eigenvalue weighted by molar-refractivity contribution is 5.82. The molecule has 96 valence electrons. The van der Waals surface area contributed by atoms with Crippen LogP contribution in [-0.4, -0.2) is 30.9 Å². The van der Waals surface area contributed by atoms with Crippen LogP contribution in [0.4, 0.5) is 0 Å². The number of hydrogen-bond donors (Lipinski definition) is 3. The van der Waals surface area contributed by atoms with Crippen LogP contribution in [0.3, 0.4) is 0 Å². The largest absolute Gasteiger partial charge is 0.356 e. The molecule has 2 unspecified atom stereocenters. The van der Waals surface area contributed by atoms with Crippen molar-refractivity contribution in [3.8, 4) is 0 Å². The minimum Gasteiger partial charge on any atom is -0.356 e. The number of carbonyl (C=O) groups excluding carboxylic acids is 2. The van der Waals surface area contributed by atoms with Gasteiger partial charge in [0.15, 0.2) is 0 Å². The zero-order valence-corrected chi connectivity index (χ0v) is 10.2. The van der Waals surface area contributed by atoms with E-state index in [1.165, 1.54) is 0 Å². The lowest BCUT2D eigenvalue weighted by molar-refractivity contribution is -0.124. The van der Waals surface area contributed by atoms with E-state index >= 15 is 0 Å². The van der Waals surface area contributed by atoms with Crippen LogP contribution in [0, 0.1) is 5.92 Å². The van der Waals surface area contributed by atoms with Gasteiger partial charge < -0.3 is 16.4 Å². The lowest BCUT2D eigenvalue weighted by Gasteiger charge is -2.10. The molecule has 0 fully saturated rings. The van der Waals surface area contributed by atoms with Gasteiger partial charge in [-0.15, -0.1) is 0 Å². The van der Waals surface area contributed by atoms with Crippen molar-refractivity contribution < 1.29 is 9.59 Å². The lowest BCUT2D eigenvalue weighted by Crippen LogP contribution is -2.34. The quantitative estimate of drug-likeness (QED) is 0.567. The maximum absolute atomic E-state index is 11.6. The van der Waals surface area contributed by atoms with Crippen molar-refractivity contribution in [3.05, 3.63) is 12.2 Å². The van der Waals surface area contributed by atoms with Gasteiger partial charge in [-0.05, 0) is 12.8 Å². The van der Waals surface area contributed by atoms with Gasteiger partial charge in [0.25, 0.3) is 0 Å². The minimum absolute atomic E-state index is 0.0152. The SMILES string of the molecule is CCCNC(=O)CCNC(=O)C1C=CC(N)C1. The molecule has 5 nitrogen and oxygen atoms in total. The van der Waals surface area contributed by atoms with Crippen molar-refractivity contribution in [1.29, 1.82) is 0 Å². The lowest BCUT2D eigenvalue weighted by atomic mass is 10.1. The van der Waals surface area contributed by atoms with E-state index in [-0.39, 0.29) is 23.8 Å². The summed E-state index contributed by atoms with van der Waals surface area (Å²) in [5.41, 5.74) is 5.66. The molecule has 0 bridgehead atoms. The maximum atomic E-state index is 11.6. The van der Waals surface area contributed by atoms with Gasteiger partial charge >= 0.3 is 0 Å². The van der Waals surface area contributed by atoms with Crippen molar-refractivity contribution in [1.82, 2.24) is 10.6 Å². The molecule has 0 aromatic carbocycles. The van der Waals surface area contributed by atoms with Crippen LogP contribution >= 0.6 is 0 Å². The highest BCUT2D eigenvalue weighted by atomic mass is 16.2. The van der Waals surface area contributed by atoms with Crippen LogP contribution in [-0.2, 0) is 9.59 Å². The predicted octanol–water partition coefficient (Wildman–Crippen LogP) is -0.0777. The molecule has 0 aromatic heterocycles. The Morgan fingerprint density at radius 1 is 1.29 bits per heavy atom. The molecule has 0 heterocycles. The molecule has 0 aliphatic heterocycles. The molecule has 1 aliphatic rings. The number of nitrogens with one attached hydrogen (secondary N) is 2. The summed E-state index contributed by atoms with van der Waals surface area (Å²) in [6.45, 7) is 3.07. The summed E-state index contributed by atoms with van der Waals surface area (Å²) in [5, 5.41) is 5.50. The summed E-state index contributed by atoms with van der Waals surface area (Å²) in [4.78, 5) is 22.9. The molecular weight excluding hydrogens is 218 g/mol. The number of amides is 2. The van der Waals surface area contributed by atoms with Crippen LogP contribution in [0.1, 0.15) is 26.2 Å². The van der Waals surface area contributed by atoms with Gasteiger partial charge in [0.1, 0.15) is 0 Å². The number of rotatable bonds is 6. The topological polar surface area (TPSA) is 84.2 Å². The Kier molecular flexibility index (Phi) is 5.69. The summed E-state index contributed by atoms with van der Waals surface area (Å²) in [5.74, 6) is -0.202. The average Bonchev–Trinajstić information content (AvgIpc) is 2.73. The molecule has 1 aliphatic carbocycles. The van der Waals surface area contributed by atoms with Crippen LogP contribution in [0.15, 0.2) is 12.2 Å². The summed E-state index contributed by atoms with van der Waals surface area (Å²) in [6, 6.07) is -0.0152. The van der Waals surface area contributed by atoms with E-state index in [2.05, 4.69) is 10.6 Å². The first-order valence-corrected chi connectivity index (χ1v) is 6.11. The minimum atomic E-state index is -0.135. The molecule has 0 spiro atoms. The molecule has 17 heavy (non-hydrogen) atoms. The summed E-state index contributed by atoms with van der Waals surface area (Å²) in [7, 11) is 0. The molecule has 2 atom stereocenters. The zero-order valence-electron chi connectivity index (χ0n) is 10.2. The summed E-state index contributed by atoms with van der Waals surface area (Å²) < 4.78 is 0. The Balaban J connectivity index is 2.12. The second kappa shape index (κ2) is 7.06. The standard InChI is InChI=1S/C12H21N3O2/c1-2-6-14-11(16)5-7-15-12(17)9-3-4-10(13)8-9/h3-4,9-10H,2,5-8,13H2,1H3,(H,14,16)(H,15,17). The van der Waals surface area contributed by atoms with Gasteiger partial charge in [-0.1, -0.05) is 19.1 Å². The third-order valence-corrected chi connectivity index (χ3v) is 2.68. The Morgan fingerprint density at radius 2 is 2.06 bits per heavy atom. The molecule has 1 rings (SSSR count). The molecule has 0 radical (unpaired) electrons. The Labute approximate surface area is 102 Å². The van der Waals surface area contributed by atoms with Gasteiger partial charge in [0, 0.05) is 25.6 Å². The third kappa shape index (κ3) is 4.99. The first-order chi connectivity index (χ1) is 8.13. The van der Waals surface area contributed by atoms with Gasteiger partial charge in [-0.3, -0.25) is 9.59 Å². The van der Waals surface area contributed by atoms with E-state index in [4.69, 9.17) is 5.73 Å². The molecular formula is C12H21N3O2. The predicted molar refractivity (Wildman–Crippen MR) is 66.1 cm³/mol. The van der Waals surface area contributed by atoms with E-state index in [1.54, 1.807) is 0 Å². The van der Waals surface area contributed by atoms with Crippen LogP contribution in [0.2, 0.25) is 0 Å². The van der Waals surface area contributed by atoms with E-state index in [1.807, 2.05) is 19.1 Å². The molecule has 0 saturated heterocycles. The number of nitrogens with two attached hydrogens (primary N) is 1. The molecule has 2 amide bonds. The van der Waals surface area contributed by atoms with Crippen LogP contribution < -0.4 is 16.4 Å². The van der Waals surface area contributed by atoms with Crippen LogP contribution in [0.5, 0.6) is 0 Å². The maximum Gasteiger partial charge on any atom is 0.227 e. The zero-order chi connectivity index (χ0) is 12.7. The average molecular weight is 239 g/mol. The smallest absolute Gasteiger partial charge is 0.227 e. The summed E-state index contributed by atoms with van der Waals surface area (Å²) >= 11 is 0. The van der Waals surface area contributed by atoms with Gasteiger partial charge in [0.2, 0.25) is 11.8 Å². The van der Waals surface area contributed by atoms with Crippen molar-refractivity contribution in [2.45, 2.75) is 32.2 Å². The Morgan fingerprint density at radius 3 is 2.65 bits per heavy atom. The van der Waals surface area contributed by atoms with Crippen molar-refractivity contribution >= 4 is 11.8 Å². The van der Waals surface area contributed by atoms with E-state index < -0.39 is 0 Å². The van der Waals surface area contributed by atoms with Crippen LogP contribution in [0.25, 0.3) is 0 Å². The molecule has 0 aromatic rings. The first kappa shape index (κ1) is 13.7. The highest BCUT2D eigenvalue weighted by Crippen LogP contribution is 2.15. The van der Waals surface area contributed by atoms with E-state index in [9.17, 15) is 9.59 Å². The monoisotopic (exact) mass is 239 g/mol. The van der Waals surface area contributed by atoms with Gasteiger partial charge in [-0.25, -0.2) is 0 Å². The second-order valence-electron chi connectivity index (χ2n) is 4.28. The first-order valence-electron chi connectivity index (χ1n) is 6.11.